The average Bonchev–Trinajstić information content (AvgIpc) is 3.14. The molecule has 1 unspecified atom stereocenters. The molecule has 1 aromatic carbocycles. The Morgan fingerprint density at radius 3 is 2.52 bits per heavy atom. The molecule has 7 nitrogen and oxygen atoms in total. The maximum absolute atomic E-state index is 9.98. The number of aromatic nitrogens is 2. The van der Waals surface area contributed by atoms with Gasteiger partial charge in [0.05, 0.1) is 23.7 Å². The standard InChI is InChI=1S/C26H30N6O/c1-3-22(29)25-24(20-7-5-18(2)6-8-20)23(32(13-4-14-33)26(25)31-17-28)15-21(16-27)19-9-11-30-12-10-19/h5-12,15,17,22,33H,3-4,13-14,29H2,1-2H3,(H2,28,31)/b21-15+. The third-order valence-corrected chi connectivity index (χ3v) is 5.59. The lowest BCUT2D eigenvalue weighted by molar-refractivity contribution is 0.280. The molecule has 3 aromatic rings. The lowest BCUT2D eigenvalue weighted by Gasteiger charge is -2.13. The van der Waals surface area contributed by atoms with Gasteiger partial charge in [-0.25, -0.2) is 4.99 Å². The smallest absolute Gasteiger partial charge is 0.140 e. The fourth-order valence-corrected chi connectivity index (χ4v) is 3.89. The van der Waals surface area contributed by atoms with E-state index < -0.39 is 0 Å². The molecule has 170 valence electrons. The summed E-state index contributed by atoms with van der Waals surface area (Å²) in [6, 6.07) is 13.9. The van der Waals surface area contributed by atoms with E-state index in [1.54, 1.807) is 24.5 Å². The summed E-state index contributed by atoms with van der Waals surface area (Å²) >= 11 is 0. The highest BCUT2D eigenvalue weighted by atomic mass is 16.3. The van der Waals surface area contributed by atoms with Gasteiger partial charge < -0.3 is 21.1 Å². The Morgan fingerprint density at radius 2 is 1.94 bits per heavy atom. The maximum atomic E-state index is 9.98. The van der Waals surface area contributed by atoms with Crippen LogP contribution in [0.5, 0.6) is 0 Å². The van der Waals surface area contributed by atoms with Gasteiger partial charge in [0.2, 0.25) is 0 Å². The van der Waals surface area contributed by atoms with Crippen LogP contribution in [0.2, 0.25) is 0 Å². The molecule has 0 spiro atoms. The van der Waals surface area contributed by atoms with Crippen LogP contribution >= 0.6 is 0 Å². The molecule has 7 heteroatoms. The van der Waals surface area contributed by atoms with Gasteiger partial charge >= 0.3 is 0 Å². The van der Waals surface area contributed by atoms with Crippen molar-refractivity contribution in [1.29, 1.82) is 5.26 Å². The third-order valence-electron chi connectivity index (χ3n) is 5.59. The molecule has 0 radical (unpaired) electrons. The van der Waals surface area contributed by atoms with Crippen LogP contribution in [0.25, 0.3) is 22.8 Å². The number of hydrogen-bond acceptors (Lipinski definition) is 5. The normalized spacial score (nSPS) is 12.8. The first-order chi connectivity index (χ1) is 16.0. The van der Waals surface area contributed by atoms with E-state index >= 15 is 0 Å². The van der Waals surface area contributed by atoms with Gasteiger partial charge in [0.1, 0.15) is 5.82 Å². The number of aliphatic hydroxyl groups excluding tert-OH is 1. The van der Waals surface area contributed by atoms with Crippen molar-refractivity contribution in [2.24, 2.45) is 16.5 Å². The number of rotatable bonds is 9. The maximum Gasteiger partial charge on any atom is 0.140 e. The molecule has 0 aliphatic heterocycles. The van der Waals surface area contributed by atoms with E-state index in [9.17, 15) is 10.4 Å². The van der Waals surface area contributed by atoms with Crippen molar-refractivity contribution in [3.63, 3.8) is 0 Å². The second kappa shape index (κ2) is 11.2. The minimum atomic E-state index is -0.283. The first-order valence-electron chi connectivity index (χ1n) is 11.0. The summed E-state index contributed by atoms with van der Waals surface area (Å²) in [6.07, 6.45) is 7.67. The lowest BCUT2D eigenvalue weighted by atomic mass is 9.94. The minimum Gasteiger partial charge on any atom is -0.396 e. The average molecular weight is 443 g/mol. The second-order valence-electron chi connectivity index (χ2n) is 7.79. The van der Waals surface area contributed by atoms with Crippen molar-refractivity contribution < 1.29 is 5.11 Å². The number of nitrogens with two attached hydrogens (primary N) is 2. The van der Waals surface area contributed by atoms with Crippen molar-refractivity contribution in [3.05, 3.63) is 71.2 Å². The predicted molar refractivity (Wildman–Crippen MR) is 134 cm³/mol. The SMILES string of the molecule is CCC(N)c1c(-c2ccc(C)cc2)c(/C=C(\C#N)c2ccncc2)n(CCCO)c1/N=C\N. The Hall–Kier alpha value is -3.73. The third kappa shape index (κ3) is 5.20. The van der Waals surface area contributed by atoms with E-state index in [1.807, 2.05) is 24.5 Å². The fraction of sp³-hybridized carbons (Fsp3) is 0.269. The van der Waals surface area contributed by atoms with Crippen molar-refractivity contribution in [3.8, 4) is 17.2 Å². The van der Waals surface area contributed by atoms with Crippen LogP contribution in [0.15, 0.2) is 53.8 Å². The van der Waals surface area contributed by atoms with Gasteiger partial charge in [-0.05, 0) is 49.1 Å². The molecule has 0 fully saturated rings. The van der Waals surface area contributed by atoms with Crippen LogP contribution in [0.1, 0.15) is 48.2 Å². The van der Waals surface area contributed by atoms with Gasteiger partial charge in [0.25, 0.3) is 0 Å². The van der Waals surface area contributed by atoms with E-state index in [1.165, 1.54) is 6.34 Å². The summed E-state index contributed by atoms with van der Waals surface area (Å²) in [5.74, 6) is 0.647. The first-order valence-corrected chi connectivity index (χ1v) is 11.0. The van der Waals surface area contributed by atoms with Gasteiger partial charge in [-0.2, -0.15) is 5.26 Å². The van der Waals surface area contributed by atoms with Gasteiger partial charge in [-0.3, -0.25) is 4.98 Å². The number of nitriles is 1. The number of aliphatic hydroxyl groups is 1. The Bertz CT molecular complexity index is 1170. The molecule has 1 atom stereocenters. The van der Waals surface area contributed by atoms with E-state index in [0.717, 1.165) is 33.5 Å². The molecule has 0 saturated heterocycles. The summed E-state index contributed by atoms with van der Waals surface area (Å²) in [5.41, 5.74) is 18.3. The van der Waals surface area contributed by atoms with Crippen LogP contribution < -0.4 is 11.5 Å². The largest absolute Gasteiger partial charge is 0.396 e. The molecule has 2 heterocycles. The highest BCUT2D eigenvalue weighted by molar-refractivity contribution is 5.94. The van der Waals surface area contributed by atoms with Crippen molar-refractivity contribution in [2.45, 2.75) is 39.3 Å². The Labute approximate surface area is 194 Å². The molecular weight excluding hydrogens is 412 g/mol. The number of benzene rings is 1. The topological polar surface area (TPSA) is 126 Å². The molecule has 2 aromatic heterocycles. The number of aryl methyl sites for hydroxylation is 1. The molecule has 33 heavy (non-hydrogen) atoms. The summed E-state index contributed by atoms with van der Waals surface area (Å²) < 4.78 is 2.00. The second-order valence-corrected chi connectivity index (χ2v) is 7.79. The molecule has 0 aliphatic rings. The molecular formula is C26H30N6O. The summed E-state index contributed by atoms with van der Waals surface area (Å²) in [7, 11) is 0. The van der Waals surface area contributed by atoms with E-state index in [0.29, 0.717) is 30.8 Å². The highest BCUT2D eigenvalue weighted by Gasteiger charge is 2.26. The number of hydrogen-bond donors (Lipinski definition) is 3. The quantitative estimate of drug-likeness (QED) is 0.258. The number of pyridine rings is 1. The minimum absolute atomic E-state index is 0.0254. The van der Waals surface area contributed by atoms with Crippen molar-refractivity contribution in [2.75, 3.05) is 6.61 Å². The van der Waals surface area contributed by atoms with Gasteiger partial charge in [0.15, 0.2) is 0 Å². The van der Waals surface area contributed by atoms with E-state index in [2.05, 4.69) is 40.3 Å². The Balaban J connectivity index is 2.43. The van der Waals surface area contributed by atoms with Crippen LogP contribution in [0.3, 0.4) is 0 Å². The lowest BCUT2D eigenvalue weighted by Crippen LogP contribution is -2.10. The molecule has 0 bridgehead atoms. The molecule has 0 saturated carbocycles. The highest BCUT2D eigenvalue weighted by Crippen LogP contribution is 2.43. The van der Waals surface area contributed by atoms with Crippen LogP contribution in [-0.2, 0) is 6.54 Å². The fourth-order valence-electron chi connectivity index (χ4n) is 3.89. The molecule has 5 N–H and O–H groups in total. The summed E-state index contributed by atoms with van der Waals surface area (Å²) in [6.45, 7) is 4.59. The Morgan fingerprint density at radius 1 is 1.24 bits per heavy atom. The van der Waals surface area contributed by atoms with Crippen molar-refractivity contribution >= 4 is 23.8 Å². The van der Waals surface area contributed by atoms with Gasteiger partial charge in [0, 0.05) is 42.7 Å². The molecule has 0 aliphatic carbocycles. The van der Waals surface area contributed by atoms with E-state index in [4.69, 9.17) is 11.5 Å². The number of allylic oxidation sites excluding steroid dienone is 1. The zero-order valence-corrected chi connectivity index (χ0v) is 19.1. The van der Waals surface area contributed by atoms with Crippen LogP contribution in [0.4, 0.5) is 5.82 Å². The molecule has 0 amide bonds. The zero-order chi connectivity index (χ0) is 23.8. The zero-order valence-electron chi connectivity index (χ0n) is 19.1. The number of nitrogens with zero attached hydrogens (tertiary/aromatic N) is 4. The summed E-state index contributed by atoms with van der Waals surface area (Å²) in [4.78, 5) is 8.55. The summed E-state index contributed by atoms with van der Waals surface area (Å²) in [5, 5.41) is 19.5. The van der Waals surface area contributed by atoms with Crippen LogP contribution in [0, 0.1) is 18.3 Å². The Kier molecular flexibility index (Phi) is 8.14. The van der Waals surface area contributed by atoms with Crippen LogP contribution in [-0.4, -0.2) is 27.6 Å². The molecule has 3 rings (SSSR count). The van der Waals surface area contributed by atoms with Gasteiger partial charge in [-0.15, -0.1) is 0 Å². The van der Waals surface area contributed by atoms with Crippen molar-refractivity contribution in [1.82, 2.24) is 9.55 Å². The number of aliphatic imine (C=N–C) groups is 1. The first kappa shape index (κ1) is 23.9. The van der Waals surface area contributed by atoms with E-state index in [-0.39, 0.29) is 12.6 Å². The predicted octanol–water partition coefficient (Wildman–Crippen LogP) is 4.33. The van der Waals surface area contributed by atoms with Gasteiger partial charge in [-0.1, -0.05) is 36.8 Å². The monoisotopic (exact) mass is 442 g/mol.